The minimum atomic E-state index is -0.111. The van der Waals surface area contributed by atoms with Gasteiger partial charge in [-0.25, -0.2) is 9.97 Å². The molecule has 4 rings (SSSR count). The van der Waals surface area contributed by atoms with Crippen molar-refractivity contribution in [2.45, 2.75) is 19.9 Å². The topological polar surface area (TPSA) is 87.6 Å². The lowest BCUT2D eigenvalue weighted by atomic mass is 10.1. The van der Waals surface area contributed by atoms with E-state index in [0.717, 1.165) is 41.8 Å². The Bertz CT molecular complexity index is 863. The molecule has 0 atom stereocenters. The molecule has 9 heteroatoms. The van der Waals surface area contributed by atoms with Gasteiger partial charge < -0.3 is 19.4 Å². The average molecular weight is 383 g/mol. The van der Waals surface area contributed by atoms with Gasteiger partial charge in [0.25, 0.3) is 5.91 Å². The molecule has 1 saturated heterocycles. The number of anilines is 2. The van der Waals surface area contributed by atoms with Gasteiger partial charge in [-0.3, -0.25) is 9.78 Å². The predicted molar refractivity (Wildman–Crippen MR) is 105 cm³/mol. The molecule has 0 aromatic carbocycles. The number of fused-ring (bicyclic) bond motifs is 1. The van der Waals surface area contributed by atoms with Gasteiger partial charge in [0.1, 0.15) is 11.5 Å². The van der Waals surface area contributed by atoms with Crippen LogP contribution in [0.4, 0.5) is 11.8 Å². The molecule has 2 aromatic heterocycles. The molecular formula is C19H25N7O2. The molecule has 0 N–H and O–H groups in total. The van der Waals surface area contributed by atoms with Crippen molar-refractivity contribution in [2.75, 3.05) is 56.7 Å². The Morgan fingerprint density at radius 2 is 1.89 bits per heavy atom. The fourth-order valence-corrected chi connectivity index (χ4v) is 3.50. The molecule has 0 aliphatic carbocycles. The van der Waals surface area contributed by atoms with Crippen LogP contribution in [0.5, 0.6) is 0 Å². The molecule has 2 aliphatic heterocycles. The summed E-state index contributed by atoms with van der Waals surface area (Å²) in [6.45, 7) is 5.90. The van der Waals surface area contributed by atoms with Crippen LogP contribution in [0.3, 0.4) is 0 Å². The van der Waals surface area contributed by atoms with Crippen molar-refractivity contribution in [1.82, 2.24) is 24.8 Å². The van der Waals surface area contributed by atoms with Crippen LogP contribution in [0.25, 0.3) is 0 Å². The largest absolute Gasteiger partial charge is 0.378 e. The van der Waals surface area contributed by atoms with Crippen molar-refractivity contribution in [3.05, 3.63) is 35.0 Å². The van der Waals surface area contributed by atoms with Crippen molar-refractivity contribution in [3.63, 3.8) is 0 Å². The van der Waals surface area contributed by atoms with E-state index >= 15 is 0 Å². The summed E-state index contributed by atoms with van der Waals surface area (Å²) in [4.78, 5) is 36.9. The normalized spacial score (nSPS) is 16.7. The first-order chi connectivity index (χ1) is 13.5. The molecule has 1 fully saturated rings. The van der Waals surface area contributed by atoms with E-state index in [9.17, 15) is 4.79 Å². The Labute approximate surface area is 164 Å². The van der Waals surface area contributed by atoms with Gasteiger partial charge in [0.15, 0.2) is 0 Å². The number of aryl methyl sites for hydroxylation is 1. The minimum absolute atomic E-state index is 0.111. The van der Waals surface area contributed by atoms with E-state index in [2.05, 4.69) is 14.9 Å². The third kappa shape index (κ3) is 3.62. The SMILES string of the molecule is Cc1cnc(C(=O)N2CCc3nc(N4CCOCC4)nc(N(C)C)c3C2)cn1. The minimum Gasteiger partial charge on any atom is -0.378 e. The van der Waals surface area contributed by atoms with Gasteiger partial charge in [0, 0.05) is 51.9 Å². The molecular weight excluding hydrogens is 358 g/mol. The zero-order valence-corrected chi connectivity index (χ0v) is 16.6. The molecule has 2 aliphatic rings. The standard InChI is InChI=1S/C19H25N7O2/c1-13-10-21-16(11-20-13)18(27)26-5-4-15-14(12-26)17(24(2)3)23-19(22-15)25-6-8-28-9-7-25/h10-11H,4-9,12H2,1-3H3. The molecule has 0 spiro atoms. The molecule has 9 nitrogen and oxygen atoms in total. The van der Waals surface area contributed by atoms with Crippen LogP contribution in [0.1, 0.15) is 27.4 Å². The Balaban J connectivity index is 1.62. The molecule has 0 saturated carbocycles. The lowest BCUT2D eigenvalue weighted by Gasteiger charge is -2.33. The number of rotatable bonds is 3. The molecule has 4 heterocycles. The van der Waals surface area contributed by atoms with E-state index < -0.39 is 0 Å². The number of carbonyl (C=O) groups excluding carboxylic acids is 1. The quantitative estimate of drug-likeness (QED) is 0.765. The van der Waals surface area contributed by atoms with Crippen LogP contribution in [0.2, 0.25) is 0 Å². The fourth-order valence-electron chi connectivity index (χ4n) is 3.50. The van der Waals surface area contributed by atoms with E-state index in [1.165, 1.54) is 6.20 Å². The number of nitrogens with zero attached hydrogens (tertiary/aromatic N) is 7. The van der Waals surface area contributed by atoms with Crippen LogP contribution in [0, 0.1) is 6.92 Å². The Morgan fingerprint density at radius 3 is 2.57 bits per heavy atom. The third-order valence-corrected chi connectivity index (χ3v) is 5.03. The van der Waals surface area contributed by atoms with E-state index in [1.807, 2.05) is 25.9 Å². The van der Waals surface area contributed by atoms with E-state index in [-0.39, 0.29) is 5.91 Å². The van der Waals surface area contributed by atoms with E-state index in [0.29, 0.717) is 38.4 Å². The number of ether oxygens (including phenoxy) is 1. The van der Waals surface area contributed by atoms with Crippen LogP contribution >= 0.6 is 0 Å². The Kier molecular flexibility index (Phi) is 5.08. The first-order valence-electron chi connectivity index (χ1n) is 9.50. The molecule has 28 heavy (non-hydrogen) atoms. The number of hydrogen-bond donors (Lipinski definition) is 0. The maximum atomic E-state index is 12.9. The summed E-state index contributed by atoms with van der Waals surface area (Å²) in [5.41, 5.74) is 3.17. The molecule has 0 radical (unpaired) electrons. The molecule has 148 valence electrons. The van der Waals surface area contributed by atoms with Crippen LogP contribution in [-0.2, 0) is 17.7 Å². The maximum absolute atomic E-state index is 12.9. The highest BCUT2D eigenvalue weighted by Gasteiger charge is 2.28. The van der Waals surface area contributed by atoms with Crippen LogP contribution in [0.15, 0.2) is 12.4 Å². The van der Waals surface area contributed by atoms with Crippen molar-refractivity contribution < 1.29 is 9.53 Å². The number of amides is 1. The van der Waals surface area contributed by atoms with Crippen molar-refractivity contribution >= 4 is 17.7 Å². The molecule has 0 bridgehead atoms. The van der Waals surface area contributed by atoms with Crippen LogP contribution < -0.4 is 9.80 Å². The van der Waals surface area contributed by atoms with Crippen molar-refractivity contribution in [2.24, 2.45) is 0 Å². The number of morpholine rings is 1. The van der Waals surface area contributed by atoms with Crippen molar-refractivity contribution in [3.8, 4) is 0 Å². The number of hydrogen-bond acceptors (Lipinski definition) is 8. The Hall–Kier alpha value is -2.81. The zero-order valence-electron chi connectivity index (χ0n) is 16.6. The first-order valence-corrected chi connectivity index (χ1v) is 9.50. The van der Waals surface area contributed by atoms with Crippen LogP contribution in [-0.4, -0.2) is 77.7 Å². The molecule has 0 unspecified atom stereocenters. The molecule has 1 amide bonds. The van der Waals surface area contributed by atoms with Gasteiger partial charge in [-0.05, 0) is 6.92 Å². The summed E-state index contributed by atoms with van der Waals surface area (Å²) in [6.07, 6.45) is 3.85. The van der Waals surface area contributed by atoms with E-state index in [4.69, 9.17) is 14.7 Å². The smallest absolute Gasteiger partial charge is 0.274 e. The summed E-state index contributed by atoms with van der Waals surface area (Å²) >= 11 is 0. The summed E-state index contributed by atoms with van der Waals surface area (Å²) < 4.78 is 5.44. The second kappa shape index (κ2) is 7.67. The lowest BCUT2D eigenvalue weighted by molar-refractivity contribution is 0.0727. The second-order valence-corrected chi connectivity index (χ2v) is 7.29. The summed E-state index contributed by atoms with van der Waals surface area (Å²) in [7, 11) is 3.94. The van der Waals surface area contributed by atoms with Gasteiger partial charge in [-0.2, -0.15) is 4.98 Å². The first kappa shape index (κ1) is 18.5. The number of carbonyl (C=O) groups is 1. The predicted octanol–water partition coefficient (Wildman–Crippen LogP) is 0.676. The molecule has 2 aromatic rings. The summed E-state index contributed by atoms with van der Waals surface area (Å²) in [5.74, 6) is 1.49. The van der Waals surface area contributed by atoms with Gasteiger partial charge in [-0.15, -0.1) is 0 Å². The van der Waals surface area contributed by atoms with Gasteiger partial charge in [0.05, 0.1) is 37.3 Å². The summed E-state index contributed by atoms with van der Waals surface area (Å²) in [5, 5.41) is 0. The van der Waals surface area contributed by atoms with Gasteiger partial charge in [0.2, 0.25) is 5.95 Å². The van der Waals surface area contributed by atoms with E-state index in [1.54, 1.807) is 11.1 Å². The third-order valence-electron chi connectivity index (χ3n) is 5.03. The highest BCUT2D eigenvalue weighted by molar-refractivity contribution is 5.92. The fraction of sp³-hybridized carbons (Fsp3) is 0.526. The number of aromatic nitrogens is 4. The Morgan fingerprint density at radius 1 is 1.11 bits per heavy atom. The average Bonchev–Trinajstić information content (AvgIpc) is 2.73. The summed E-state index contributed by atoms with van der Waals surface area (Å²) in [6, 6.07) is 0. The highest BCUT2D eigenvalue weighted by Crippen LogP contribution is 2.28. The lowest BCUT2D eigenvalue weighted by Crippen LogP contribution is -2.40. The monoisotopic (exact) mass is 383 g/mol. The maximum Gasteiger partial charge on any atom is 0.274 e. The second-order valence-electron chi connectivity index (χ2n) is 7.29. The van der Waals surface area contributed by atoms with Crippen molar-refractivity contribution in [1.29, 1.82) is 0 Å². The highest BCUT2D eigenvalue weighted by atomic mass is 16.5. The zero-order chi connectivity index (χ0) is 19.7. The van der Waals surface area contributed by atoms with Gasteiger partial charge >= 0.3 is 0 Å². The van der Waals surface area contributed by atoms with Gasteiger partial charge in [-0.1, -0.05) is 0 Å².